The molecule has 1 unspecified atom stereocenters. The third-order valence-corrected chi connectivity index (χ3v) is 2.97. The fourth-order valence-corrected chi connectivity index (χ4v) is 2.09. The summed E-state index contributed by atoms with van der Waals surface area (Å²) in [6.45, 7) is 3.81. The normalized spacial score (nSPS) is 12.5. The topological polar surface area (TPSA) is 53.1 Å². The number of aromatic nitrogens is 2. The Balaban J connectivity index is 2.25. The molecule has 0 amide bonds. The minimum atomic E-state index is -0.0921. The van der Waals surface area contributed by atoms with Gasteiger partial charge in [0, 0.05) is 24.2 Å². The number of hydrogen-bond acceptors (Lipinski definition) is 3. The van der Waals surface area contributed by atoms with Crippen LogP contribution in [0.25, 0.3) is 0 Å². The Morgan fingerprint density at radius 2 is 2.11 bits per heavy atom. The van der Waals surface area contributed by atoms with Gasteiger partial charge < -0.3 is 10.5 Å². The van der Waals surface area contributed by atoms with Gasteiger partial charge in [0.1, 0.15) is 5.75 Å². The first kappa shape index (κ1) is 12.9. The van der Waals surface area contributed by atoms with Crippen molar-refractivity contribution in [2.45, 2.75) is 19.9 Å². The predicted octanol–water partition coefficient (Wildman–Crippen LogP) is 3.19. The van der Waals surface area contributed by atoms with E-state index in [-0.39, 0.29) is 6.04 Å². The van der Waals surface area contributed by atoms with Crippen molar-refractivity contribution < 1.29 is 4.74 Å². The predicted molar refractivity (Wildman–Crippen MR) is 72.1 cm³/mol. The van der Waals surface area contributed by atoms with E-state index >= 15 is 0 Å². The summed E-state index contributed by atoms with van der Waals surface area (Å²) in [4.78, 5) is 0. The third-order valence-electron chi connectivity index (χ3n) is 2.64. The molecule has 96 valence electrons. The number of benzene rings is 1. The number of rotatable bonds is 3. The maximum atomic E-state index is 6.15. The quantitative estimate of drug-likeness (QED) is 0.927. The summed E-state index contributed by atoms with van der Waals surface area (Å²) in [6, 6.07) is 7.28. The molecule has 2 aromatic rings. The molecular weight excluding hydrogens is 250 g/mol. The fourth-order valence-electron chi connectivity index (χ4n) is 1.74. The lowest BCUT2D eigenvalue weighted by atomic mass is 10.1. The first-order valence-electron chi connectivity index (χ1n) is 5.71. The van der Waals surface area contributed by atoms with Gasteiger partial charge in [-0.15, -0.1) is 0 Å². The van der Waals surface area contributed by atoms with E-state index in [9.17, 15) is 0 Å². The van der Waals surface area contributed by atoms with Crippen LogP contribution in [0.3, 0.4) is 0 Å². The summed E-state index contributed by atoms with van der Waals surface area (Å²) in [6.07, 6.45) is 0. The van der Waals surface area contributed by atoms with Crippen molar-refractivity contribution in [2.75, 3.05) is 0 Å². The van der Waals surface area contributed by atoms with Crippen LogP contribution in [0.4, 0.5) is 0 Å². The third kappa shape index (κ3) is 2.66. The van der Waals surface area contributed by atoms with Crippen LogP contribution < -0.4 is 10.5 Å². The van der Waals surface area contributed by atoms with Crippen LogP contribution >= 0.6 is 11.6 Å². The van der Waals surface area contributed by atoms with E-state index < -0.39 is 0 Å². The molecule has 1 aromatic heterocycles. The van der Waals surface area contributed by atoms with E-state index in [1.807, 2.05) is 39.1 Å². The van der Waals surface area contributed by atoms with Gasteiger partial charge >= 0.3 is 0 Å². The molecule has 0 spiro atoms. The molecule has 1 atom stereocenters. The van der Waals surface area contributed by atoms with Crippen molar-refractivity contribution in [3.63, 3.8) is 0 Å². The molecule has 0 saturated heterocycles. The second-order valence-corrected chi connectivity index (χ2v) is 4.73. The van der Waals surface area contributed by atoms with Crippen molar-refractivity contribution >= 4 is 11.6 Å². The van der Waals surface area contributed by atoms with Crippen LogP contribution in [0.15, 0.2) is 24.3 Å². The molecule has 0 radical (unpaired) electrons. The van der Waals surface area contributed by atoms with Crippen LogP contribution in [0.1, 0.15) is 24.2 Å². The fraction of sp³-hybridized carbons (Fsp3) is 0.308. The summed E-state index contributed by atoms with van der Waals surface area (Å²) in [7, 11) is 1.83. The Hall–Kier alpha value is -1.52. The number of halogens is 1. The van der Waals surface area contributed by atoms with E-state index in [0.29, 0.717) is 16.7 Å². The molecular formula is C13H16ClN3O. The number of nitrogens with two attached hydrogens (primary N) is 1. The Morgan fingerprint density at radius 3 is 2.61 bits per heavy atom. The maximum Gasteiger partial charge on any atom is 0.217 e. The number of aryl methyl sites for hydroxylation is 2. The maximum absolute atomic E-state index is 6.15. The molecule has 4 nitrogen and oxygen atoms in total. The van der Waals surface area contributed by atoms with Gasteiger partial charge in [-0.05, 0) is 31.5 Å². The molecule has 1 heterocycles. The second kappa shape index (κ2) is 5.00. The lowest BCUT2D eigenvalue weighted by Crippen LogP contribution is -2.05. The molecule has 0 aliphatic rings. The molecule has 5 heteroatoms. The van der Waals surface area contributed by atoms with Crippen LogP contribution in [0, 0.1) is 6.92 Å². The Bertz CT molecular complexity index is 563. The standard InChI is InChI=1S/C13H16ClN3O/c1-8-6-13(17(3)16-8)18-10-4-5-11(9(2)15)12(14)7-10/h4-7,9H,15H2,1-3H3. The average molecular weight is 266 g/mol. The summed E-state index contributed by atoms with van der Waals surface area (Å²) < 4.78 is 7.40. The molecule has 1 aromatic carbocycles. The summed E-state index contributed by atoms with van der Waals surface area (Å²) in [5, 5.41) is 4.83. The zero-order valence-electron chi connectivity index (χ0n) is 10.6. The largest absolute Gasteiger partial charge is 0.439 e. The minimum Gasteiger partial charge on any atom is -0.439 e. The zero-order chi connectivity index (χ0) is 13.3. The molecule has 0 saturated carbocycles. The van der Waals surface area contributed by atoms with Gasteiger partial charge in [-0.3, -0.25) is 0 Å². The first-order chi connectivity index (χ1) is 8.47. The molecule has 2 rings (SSSR count). The minimum absolute atomic E-state index is 0.0921. The highest BCUT2D eigenvalue weighted by Gasteiger charge is 2.09. The summed E-state index contributed by atoms with van der Waals surface area (Å²) in [5.41, 5.74) is 7.62. The van der Waals surface area contributed by atoms with Crippen LogP contribution in [-0.4, -0.2) is 9.78 Å². The van der Waals surface area contributed by atoms with Gasteiger partial charge in [-0.1, -0.05) is 17.7 Å². The van der Waals surface area contributed by atoms with Crippen molar-refractivity contribution in [1.29, 1.82) is 0 Å². The van der Waals surface area contributed by atoms with Gasteiger partial charge in [0.05, 0.1) is 5.69 Å². The lowest BCUT2D eigenvalue weighted by Gasteiger charge is -2.10. The van der Waals surface area contributed by atoms with E-state index in [4.69, 9.17) is 22.1 Å². The van der Waals surface area contributed by atoms with E-state index in [1.54, 1.807) is 10.7 Å². The van der Waals surface area contributed by atoms with E-state index in [2.05, 4.69) is 5.10 Å². The summed E-state index contributed by atoms with van der Waals surface area (Å²) >= 11 is 6.15. The van der Waals surface area contributed by atoms with Gasteiger partial charge in [0.2, 0.25) is 5.88 Å². The highest BCUT2D eigenvalue weighted by Crippen LogP contribution is 2.29. The number of hydrogen-bond donors (Lipinski definition) is 1. The monoisotopic (exact) mass is 265 g/mol. The Labute approximate surface area is 111 Å². The molecule has 2 N–H and O–H groups in total. The van der Waals surface area contributed by atoms with Gasteiger partial charge in [-0.2, -0.15) is 5.10 Å². The van der Waals surface area contributed by atoms with Gasteiger partial charge in [-0.25, -0.2) is 4.68 Å². The smallest absolute Gasteiger partial charge is 0.217 e. The van der Waals surface area contributed by atoms with Crippen molar-refractivity contribution in [3.05, 3.63) is 40.5 Å². The molecule has 0 aliphatic carbocycles. The zero-order valence-corrected chi connectivity index (χ0v) is 11.4. The Morgan fingerprint density at radius 1 is 1.39 bits per heavy atom. The Kier molecular flexibility index (Phi) is 3.59. The highest BCUT2D eigenvalue weighted by atomic mass is 35.5. The van der Waals surface area contributed by atoms with E-state index in [0.717, 1.165) is 11.3 Å². The average Bonchev–Trinajstić information content (AvgIpc) is 2.57. The van der Waals surface area contributed by atoms with Crippen LogP contribution in [0.2, 0.25) is 5.02 Å². The van der Waals surface area contributed by atoms with Crippen molar-refractivity contribution in [2.24, 2.45) is 12.8 Å². The number of nitrogens with zero attached hydrogens (tertiary/aromatic N) is 2. The molecule has 0 aliphatic heterocycles. The van der Waals surface area contributed by atoms with E-state index in [1.165, 1.54) is 0 Å². The van der Waals surface area contributed by atoms with Crippen LogP contribution in [-0.2, 0) is 7.05 Å². The second-order valence-electron chi connectivity index (χ2n) is 4.32. The van der Waals surface area contributed by atoms with Crippen molar-refractivity contribution in [1.82, 2.24) is 9.78 Å². The highest BCUT2D eigenvalue weighted by molar-refractivity contribution is 6.31. The van der Waals surface area contributed by atoms with Crippen LogP contribution in [0.5, 0.6) is 11.6 Å². The van der Waals surface area contributed by atoms with Gasteiger partial charge in [0.25, 0.3) is 0 Å². The molecule has 0 fully saturated rings. The van der Waals surface area contributed by atoms with Crippen molar-refractivity contribution in [3.8, 4) is 11.6 Å². The number of ether oxygens (including phenoxy) is 1. The lowest BCUT2D eigenvalue weighted by molar-refractivity contribution is 0.430. The van der Waals surface area contributed by atoms with Gasteiger partial charge in [0.15, 0.2) is 0 Å². The summed E-state index contributed by atoms with van der Waals surface area (Å²) in [5.74, 6) is 1.35. The molecule has 18 heavy (non-hydrogen) atoms. The molecule has 0 bridgehead atoms. The SMILES string of the molecule is Cc1cc(Oc2ccc(C(C)N)c(Cl)c2)n(C)n1. The first-order valence-corrected chi connectivity index (χ1v) is 6.08.